The van der Waals surface area contributed by atoms with Crippen LogP contribution >= 0.6 is 0 Å². The summed E-state index contributed by atoms with van der Waals surface area (Å²) in [5, 5.41) is 3.43. The second kappa shape index (κ2) is 6.78. The molecule has 0 spiro atoms. The van der Waals surface area contributed by atoms with Crippen molar-refractivity contribution in [1.82, 2.24) is 10.2 Å². The predicted molar refractivity (Wildman–Crippen MR) is 76.9 cm³/mol. The summed E-state index contributed by atoms with van der Waals surface area (Å²) in [7, 11) is 2.16. The zero-order valence-electron chi connectivity index (χ0n) is 12.1. The quantitative estimate of drug-likeness (QED) is 0.815. The third-order valence-electron chi connectivity index (χ3n) is 3.27. The van der Waals surface area contributed by atoms with Crippen molar-refractivity contribution in [1.29, 1.82) is 0 Å². The molecule has 0 aromatic heterocycles. The van der Waals surface area contributed by atoms with Crippen molar-refractivity contribution in [3.63, 3.8) is 0 Å². The zero-order valence-corrected chi connectivity index (χ0v) is 12.1. The van der Waals surface area contributed by atoms with E-state index in [9.17, 15) is 0 Å². The summed E-state index contributed by atoms with van der Waals surface area (Å²) < 4.78 is 10.7. The molecule has 0 saturated carbocycles. The van der Waals surface area contributed by atoms with Crippen LogP contribution in [0.5, 0.6) is 11.5 Å². The van der Waals surface area contributed by atoms with E-state index in [0.29, 0.717) is 12.8 Å². The molecule has 1 heterocycles. The van der Waals surface area contributed by atoms with Crippen LogP contribution in [0.4, 0.5) is 0 Å². The Kier molecular flexibility index (Phi) is 5.05. The lowest BCUT2D eigenvalue weighted by Crippen LogP contribution is -2.33. The highest BCUT2D eigenvalue weighted by molar-refractivity contribution is 5.44. The van der Waals surface area contributed by atoms with E-state index in [1.165, 1.54) is 5.56 Å². The van der Waals surface area contributed by atoms with Gasteiger partial charge >= 0.3 is 0 Å². The maximum atomic E-state index is 5.39. The van der Waals surface area contributed by atoms with Crippen LogP contribution in [-0.2, 0) is 6.42 Å². The first kappa shape index (κ1) is 14.2. The van der Waals surface area contributed by atoms with Gasteiger partial charge in [-0.3, -0.25) is 0 Å². The van der Waals surface area contributed by atoms with E-state index in [2.05, 4.69) is 43.2 Å². The summed E-state index contributed by atoms with van der Waals surface area (Å²) in [6.45, 7) is 7.86. The Hall–Kier alpha value is -1.26. The third-order valence-corrected chi connectivity index (χ3v) is 3.27. The molecule has 4 nitrogen and oxygen atoms in total. The van der Waals surface area contributed by atoms with Crippen molar-refractivity contribution in [2.45, 2.75) is 26.3 Å². The van der Waals surface area contributed by atoms with Gasteiger partial charge in [0.2, 0.25) is 6.79 Å². The number of nitrogens with zero attached hydrogens (tertiary/aromatic N) is 1. The number of likely N-dealkylation sites (N-methyl/N-ethyl adjacent to an activating group) is 1. The van der Waals surface area contributed by atoms with Crippen LogP contribution in [0, 0.1) is 0 Å². The Morgan fingerprint density at radius 3 is 2.79 bits per heavy atom. The minimum Gasteiger partial charge on any atom is -0.454 e. The van der Waals surface area contributed by atoms with Gasteiger partial charge in [0.1, 0.15) is 0 Å². The van der Waals surface area contributed by atoms with Gasteiger partial charge in [-0.25, -0.2) is 0 Å². The van der Waals surface area contributed by atoms with Crippen LogP contribution in [0.3, 0.4) is 0 Å². The summed E-state index contributed by atoms with van der Waals surface area (Å²) in [4.78, 5) is 2.35. The number of hydrogen-bond acceptors (Lipinski definition) is 4. The summed E-state index contributed by atoms with van der Waals surface area (Å²) in [6.07, 6.45) is 1.04. The molecule has 1 aromatic carbocycles. The van der Waals surface area contributed by atoms with Crippen LogP contribution < -0.4 is 14.8 Å². The molecule has 1 aliphatic rings. The van der Waals surface area contributed by atoms with Crippen LogP contribution in [0.15, 0.2) is 18.2 Å². The Labute approximate surface area is 115 Å². The number of fused-ring (bicyclic) bond motifs is 1. The zero-order chi connectivity index (χ0) is 13.7. The normalized spacial score (nSPS) is 13.5. The molecule has 0 saturated heterocycles. The monoisotopic (exact) mass is 264 g/mol. The van der Waals surface area contributed by atoms with Gasteiger partial charge < -0.3 is 19.7 Å². The fraction of sp³-hybridized carbons (Fsp3) is 0.600. The van der Waals surface area contributed by atoms with Gasteiger partial charge in [-0.15, -0.1) is 0 Å². The van der Waals surface area contributed by atoms with Gasteiger partial charge in [0, 0.05) is 25.7 Å². The molecule has 19 heavy (non-hydrogen) atoms. The minimum atomic E-state index is 0.347. The molecule has 1 aromatic rings. The molecule has 0 aliphatic carbocycles. The Morgan fingerprint density at radius 1 is 1.21 bits per heavy atom. The topological polar surface area (TPSA) is 33.7 Å². The predicted octanol–water partition coefficient (Wildman–Crippen LogP) is 1.89. The van der Waals surface area contributed by atoms with Gasteiger partial charge in [-0.1, -0.05) is 19.9 Å². The molecule has 0 fully saturated rings. The second-order valence-electron chi connectivity index (χ2n) is 5.35. The molecule has 4 heteroatoms. The van der Waals surface area contributed by atoms with Crippen LogP contribution in [0.25, 0.3) is 0 Å². The number of hydrogen-bond donors (Lipinski definition) is 1. The summed E-state index contributed by atoms with van der Waals surface area (Å²) >= 11 is 0. The lowest BCUT2D eigenvalue weighted by atomic mass is 10.1. The molecule has 1 N–H and O–H groups in total. The average molecular weight is 264 g/mol. The highest BCUT2D eigenvalue weighted by Crippen LogP contribution is 2.32. The Morgan fingerprint density at radius 2 is 2.00 bits per heavy atom. The number of ether oxygens (including phenoxy) is 2. The van der Waals surface area contributed by atoms with Gasteiger partial charge in [-0.2, -0.15) is 0 Å². The molecule has 0 amide bonds. The van der Waals surface area contributed by atoms with E-state index in [0.717, 1.165) is 37.6 Å². The van der Waals surface area contributed by atoms with Crippen LogP contribution in [-0.4, -0.2) is 44.4 Å². The highest BCUT2D eigenvalue weighted by atomic mass is 16.7. The highest BCUT2D eigenvalue weighted by Gasteiger charge is 2.13. The third kappa shape index (κ3) is 4.40. The smallest absolute Gasteiger partial charge is 0.231 e. The molecule has 106 valence electrons. The molecule has 0 atom stereocenters. The molecule has 0 radical (unpaired) electrons. The maximum Gasteiger partial charge on any atom is 0.231 e. The molecular weight excluding hydrogens is 240 g/mol. The maximum absolute atomic E-state index is 5.39. The second-order valence-corrected chi connectivity index (χ2v) is 5.35. The minimum absolute atomic E-state index is 0.347. The summed E-state index contributed by atoms with van der Waals surface area (Å²) in [5.74, 6) is 1.74. The first-order valence-corrected chi connectivity index (χ1v) is 6.95. The van der Waals surface area contributed by atoms with Crippen molar-refractivity contribution < 1.29 is 9.47 Å². The van der Waals surface area contributed by atoms with Gasteiger partial charge in [-0.05, 0) is 31.2 Å². The van der Waals surface area contributed by atoms with E-state index in [4.69, 9.17) is 9.47 Å². The molecule has 0 unspecified atom stereocenters. The van der Waals surface area contributed by atoms with Crippen molar-refractivity contribution in [3.8, 4) is 11.5 Å². The van der Waals surface area contributed by atoms with E-state index in [-0.39, 0.29) is 0 Å². The van der Waals surface area contributed by atoms with Crippen molar-refractivity contribution in [2.75, 3.05) is 33.5 Å². The van der Waals surface area contributed by atoms with E-state index >= 15 is 0 Å². The van der Waals surface area contributed by atoms with E-state index in [1.54, 1.807) is 0 Å². The standard InChI is InChI=1S/C15H24N2O2/c1-12(2)16-7-9-17(3)8-6-13-4-5-14-15(10-13)19-11-18-14/h4-5,10,12,16H,6-9,11H2,1-3H3. The summed E-state index contributed by atoms with van der Waals surface area (Å²) in [5.41, 5.74) is 1.30. The fourth-order valence-corrected chi connectivity index (χ4v) is 2.07. The molecule has 2 rings (SSSR count). The van der Waals surface area contributed by atoms with Gasteiger partial charge in [0.15, 0.2) is 11.5 Å². The summed E-state index contributed by atoms with van der Waals surface area (Å²) in [6, 6.07) is 6.76. The lowest BCUT2D eigenvalue weighted by Gasteiger charge is -2.18. The molecule has 1 aliphatic heterocycles. The lowest BCUT2D eigenvalue weighted by molar-refractivity contribution is 0.174. The van der Waals surface area contributed by atoms with Crippen LogP contribution in [0.1, 0.15) is 19.4 Å². The van der Waals surface area contributed by atoms with Crippen LogP contribution in [0.2, 0.25) is 0 Å². The number of rotatable bonds is 7. The first-order valence-electron chi connectivity index (χ1n) is 6.95. The van der Waals surface area contributed by atoms with Gasteiger partial charge in [0.25, 0.3) is 0 Å². The van der Waals surface area contributed by atoms with Crippen molar-refractivity contribution in [3.05, 3.63) is 23.8 Å². The fourth-order valence-electron chi connectivity index (χ4n) is 2.07. The number of benzene rings is 1. The number of nitrogens with one attached hydrogen (secondary N) is 1. The molecular formula is C15H24N2O2. The van der Waals surface area contributed by atoms with Gasteiger partial charge in [0.05, 0.1) is 0 Å². The SMILES string of the molecule is CC(C)NCCN(C)CCc1ccc2c(c1)OCO2. The van der Waals surface area contributed by atoms with E-state index in [1.807, 2.05) is 6.07 Å². The largest absolute Gasteiger partial charge is 0.454 e. The first-order chi connectivity index (χ1) is 9.15. The Balaban J connectivity index is 1.73. The van der Waals surface area contributed by atoms with E-state index < -0.39 is 0 Å². The molecule has 0 bridgehead atoms. The van der Waals surface area contributed by atoms with Crippen molar-refractivity contribution in [2.24, 2.45) is 0 Å². The average Bonchev–Trinajstić information content (AvgIpc) is 2.83. The Bertz CT molecular complexity index is 407. The van der Waals surface area contributed by atoms with Crippen molar-refractivity contribution >= 4 is 0 Å².